The third kappa shape index (κ3) is 2.59. The number of hydrogen-bond donors (Lipinski definition) is 2. The van der Waals surface area contributed by atoms with Gasteiger partial charge in [-0.25, -0.2) is 0 Å². The molecule has 2 aromatic carbocycles. The molecular weight excluding hydrogens is 328 g/mol. The van der Waals surface area contributed by atoms with Gasteiger partial charge in [0.15, 0.2) is 16.8 Å². The van der Waals surface area contributed by atoms with Gasteiger partial charge in [0.05, 0.1) is 21.3 Å². The second-order valence-electron chi connectivity index (χ2n) is 5.17. The smallest absolute Gasteiger partial charge is 0.208 e. The Morgan fingerprint density at radius 1 is 0.880 bits per heavy atom. The summed E-state index contributed by atoms with van der Waals surface area (Å²) in [5.41, 5.74) is 0.221. The van der Waals surface area contributed by atoms with Crippen molar-refractivity contribution in [2.45, 2.75) is 0 Å². The summed E-state index contributed by atoms with van der Waals surface area (Å²) in [6, 6.07) is 7.46. The van der Waals surface area contributed by atoms with Crippen molar-refractivity contribution < 1.29 is 28.8 Å². The van der Waals surface area contributed by atoms with Crippen molar-refractivity contribution in [2.24, 2.45) is 0 Å². The monoisotopic (exact) mass is 344 g/mol. The van der Waals surface area contributed by atoms with E-state index >= 15 is 0 Å². The van der Waals surface area contributed by atoms with E-state index in [1.807, 2.05) is 0 Å². The van der Waals surface area contributed by atoms with Crippen LogP contribution in [0.5, 0.6) is 28.7 Å². The molecule has 2 N–H and O–H groups in total. The van der Waals surface area contributed by atoms with Gasteiger partial charge in [0.25, 0.3) is 0 Å². The van der Waals surface area contributed by atoms with Crippen molar-refractivity contribution in [1.29, 1.82) is 0 Å². The fourth-order valence-electron chi connectivity index (χ4n) is 2.64. The molecule has 0 unspecified atom stereocenters. The quantitative estimate of drug-likeness (QED) is 0.751. The summed E-state index contributed by atoms with van der Waals surface area (Å²) in [6.45, 7) is 0. The summed E-state index contributed by atoms with van der Waals surface area (Å²) in [7, 11) is 4.04. The zero-order valence-corrected chi connectivity index (χ0v) is 13.8. The highest BCUT2D eigenvalue weighted by molar-refractivity contribution is 5.95. The number of methoxy groups -OCH3 is 3. The van der Waals surface area contributed by atoms with E-state index < -0.39 is 5.43 Å². The summed E-state index contributed by atoms with van der Waals surface area (Å²) < 4.78 is 21.4. The Balaban J connectivity index is 2.41. The number of fused-ring (bicyclic) bond motifs is 1. The fourth-order valence-corrected chi connectivity index (χ4v) is 2.64. The maximum Gasteiger partial charge on any atom is 0.208 e. The summed E-state index contributed by atoms with van der Waals surface area (Å²) in [5.74, 6) is 0.0139. The van der Waals surface area contributed by atoms with Gasteiger partial charge < -0.3 is 28.8 Å². The summed E-state index contributed by atoms with van der Waals surface area (Å²) in [4.78, 5) is 12.7. The molecule has 1 aromatic heterocycles. The Morgan fingerprint density at radius 2 is 1.48 bits per heavy atom. The maximum atomic E-state index is 12.7. The van der Waals surface area contributed by atoms with Gasteiger partial charge in [-0.1, -0.05) is 0 Å². The van der Waals surface area contributed by atoms with Crippen molar-refractivity contribution in [1.82, 2.24) is 0 Å². The Morgan fingerprint density at radius 3 is 2.04 bits per heavy atom. The number of phenols is 2. The number of phenolic OH excluding ortho intramolecular Hbond substituents is 2. The maximum absolute atomic E-state index is 12.7. The molecule has 0 saturated carbocycles. The van der Waals surface area contributed by atoms with Crippen LogP contribution >= 0.6 is 0 Å². The van der Waals surface area contributed by atoms with Gasteiger partial charge in [-0.15, -0.1) is 0 Å². The molecule has 0 aliphatic heterocycles. The highest BCUT2D eigenvalue weighted by Gasteiger charge is 2.26. The molecule has 0 aliphatic carbocycles. The number of benzene rings is 2. The second kappa shape index (κ2) is 6.27. The van der Waals surface area contributed by atoms with Gasteiger partial charge in [-0.05, 0) is 24.3 Å². The molecule has 7 heteroatoms. The summed E-state index contributed by atoms with van der Waals surface area (Å²) in [6.07, 6.45) is 0. The van der Waals surface area contributed by atoms with Crippen molar-refractivity contribution >= 4 is 11.0 Å². The molecule has 1 heterocycles. The Labute approximate surface area is 142 Å². The van der Waals surface area contributed by atoms with Crippen LogP contribution in [0.1, 0.15) is 0 Å². The van der Waals surface area contributed by atoms with Gasteiger partial charge in [0, 0.05) is 11.6 Å². The van der Waals surface area contributed by atoms with Crippen LogP contribution in [0.4, 0.5) is 0 Å². The van der Waals surface area contributed by atoms with E-state index in [2.05, 4.69) is 0 Å². The SMILES string of the molecule is COc1c(O)c(OC)c2oc(-c3ccc(O)cc3)cc(=O)c2c1OC. The first-order valence-electron chi connectivity index (χ1n) is 7.30. The molecule has 3 rings (SSSR count). The van der Waals surface area contributed by atoms with Crippen LogP contribution in [-0.2, 0) is 0 Å². The van der Waals surface area contributed by atoms with Crippen LogP contribution in [0, 0.1) is 0 Å². The minimum Gasteiger partial charge on any atom is -0.508 e. The van der Waals surface area contributed by atoms with Crippen LogP contribution < -0.4 is 19.6 Å². The average molecular weight is 344 g/mol. The number of hydrogen-bond acceptors (Lipinski definition) is 7. The van der Waals surface area contributed by atoms with Crippen molar-refractivity contribution in [2.75, 3.05) is 21.3 Å². The average Bonchev–Trinajstić information content (AvgIpc) is 2.61. The molecule has 25 heavy (non-hydrogen) atoms. The minimum atomic E-state index is -0.391. The van der Waals surface area contributed by atoms with Crippen molar-refractivity contribution in [3.05, 3.63) is 40.6 Å². The standard InChI is InChI=1S/C18H16O7/c1-22-15-13-11(20)8-12(9-4-6-10(19)7-5-9)25-16(13)18(24-3)14(21)17(15)23-2/h4-8,19,21H,1-3H3. The molecule has 3 aromatic rings. The van der Waals surface area contributed by atoms with E-state index in [1.165, 1.54) is 39.5 Å². The van der Waals surface area contributed by atoms with E-state index in [0.717, 1.165) is 0 Å². The number of ether oxygens (including phenoxy) is 3. The minimum absolute atomic E-state index is 0.0171. The predicted molar refractivity (Wildman–Crippen MR) is 90.9 cm³/mol. The topological polar surface area (TPSA) is 98.4 Å². The third-order valence-electron chi connectivity index (χ3n) is 3.78. The second-order valence-corrected chi connectivity index (χ2v) is 5.17. The molecule has 0 aliphatic rings. The molecule has 0 bridgehead atoms. The molecule has 0 radical (unpaired) electrons. The van der Waals surface area contributed by atoms with Gasteiger partial charge in [0.1, 0.15) is 16.9 Å². The summed E-state index contributed by atoms with van der Waals surface area (Å²) >= 11 is 0. The first kappa shape index (κ1) is 16.5. The lowest BCUT2D eigenvalue weighted by molar-refractivity contribution is 0.317. The lowest BCUT2D eigenvalue weighted by Crippen LogP contribution is -2.05. The van der Waals surface area contributed by atoms with Crippen molar-refractivity contribution in [3.8, 4) is 40.1 Å². The molecule has 0 fully saturated rings. The van der Waals surface area contributed by atoms with E-state index in [-0.39, 0.29) is 45.5 Å². The first-order valence-corrected chi connectivity index (χ1v) is 7.30. The Kier molecular flexibility index (Phi) is 4.14. The molecule has 0 saturated heterocycles. The van der Waals surface area contributed by atoms with Crippen LogP contribution in [0.25, 0.3) is 22.3 Å². The number of aromatic hydroxyl groups is 2. The molecule has 0 amide bonds. The molecule has 0 atom stereocenters. The highest BCUT2D eigenvalue weighted by Crippen LogP contribution is 2.49. The Hall–Kier alpha value is -3.35. The van der Waals surface area contributed by atoms with E-state index in [0.29, 0.717) is 5.56 Å². The molecular formula is C18H16O7. The first-order chi connectivity index (χ1) is 12.0. The van der Waals surface area contributed by atoms with Gasteiger partial charge >= 0.3 is 0 Å². The van der Waals surface area contributed by atoms with Gasteiger partial charge in [-0.2, -0.15) is 0 Å². The highest BCUT2D eigenvalue weighted by atomic mass is 16.5. The normalized spacial score (nSPS) is 10.7. The molecule has 0 spiro atoms. The van der Waals surface area contributed by atoms with Crippen LogP contribution in [0.3, 0.4) is 0 Å². The van der Waals surface area contributed by atoms with E-state index in [9.17, 15) is 15.0 Å². The van der Waals surface area contributed by atoms with Crippen LogP contribution in [-0.4, -0.2) is 31.5 Å². The van der Waals surface area contributed by atoms with Gasteiger partial charge in [-0.3, -0.25) is 4.79 Å². The molecule has 130 valence electrons. The zero-order chi connectivity index (χ0) is 18.1. The summed E-state index contributed by atoms with van der Waals surface area (Å²) in [5, 5.41) is 19.9. The Bertz CT molecular complexity index is 987. The molecule has 7 nitrogen and oxygen atoms in total. The lowest BCUT2D eigenvalue weighted by atomic mass is 10.1. The van der Waals surface area contributed by atoms with Gasteiger partial charge in [0.2, 0.25) is 17.2 Å². The van der Waals surface area contributed by atoms with Crippen molar-refractivity contribution in [3.63, 3.8) is 0 Å². The predicted octanol–water partition coefficient (Wildman–Crippen LogP) is 2.90. The largest absolute Gasteiger partial charge is 0.508 e. The lowest BCUT2D eigenvalue weighted by Gasteiger charge is -2.15. The van der Waals surface area contributed by atoms with Crippen LogP contribution in [0.2, 0.25) is 0 Å². The number of rotatable bonds is 4. The fraction of sp³-hybridized carbons (Fsp3) is 0.167. The van der Waals surface area contributed by atoms with Crippen LogP contribution in [0.15, 0.2) is 39.5 Å². The third-order valence-corrected chi connectivity index (χ3v) is 3.78. The van der Waals surface area contributed by atoms with E-state index in [1.54, 1.807) is 12.1 Å². The van der Waals surface area contributed by atoms with E-state index in [4.69, 9.17) is 18.6 Å². The zero-order valence-electron chi connectivity index (χ0n) is 13.8.